The molecule has 0 aliphatic carbocycles. The van der Waals surface area contributed by atoms with Crippen molar-refractivity contribution >= 4 is 5.91 Å². The molecule has 4 N–H and O–H groups in total. The van der Waals surface area contributed by atoms with Crippen molar-refractivity contribution in [2.75, 3.05) is 21.3 Å². The van der Waals surface area contributed by atoms with Crippen LogP contribution in [-0.4, -0.2) is 37.4 Å². The van der Waals surface area contributed by atoms with E-state index in [0.717, 1.165) is 11.3 Å². The minimum atomic E-state index is -0.577. The second kappa shape index (κ2) is 9.21. The maximum absolute atomic E-state index is 12.7. The van der Waals surface area contributed by atoms with Crippen LogP contribution in [0, 0.1) is 0 Å². The molecule has 0 bridgehead atoms. The Morgan fingerprint density at radius 2 is 1.63 bits per heavy atom. The number of hydrogen-bond donors (Lipinski definition) is 3. The smallest absolute Gasteiger partial charge is 0.267 e. The van der Waals surface area contributed by atoms with Gasteiger partial charge in [0, 0.05) is 41.6 Å². The van der Waals surface area contributed by atoms with E-state index in [4.69, 9.17) is 19.9 Å². The van der Waals surface area contributed by atoms with E-state index in [-0.39, 0.29) is 12.0 Å². The fraction of sp³-hybridized carbons (Fsp3) is 0.273. The van der Waals surface area contributed by atoms with E-state index in [1.54, 1.807) is 32.4 Å². The topological polar surface area (TPSA) is 119 Å². The molecule has 3 aromatic rings. The second-order valence-corrected chi connectivity index (χ2v) is 6.83. The summed E-state index contributed by atoms with van der Waals surface area (Å²) >= 11 is 0. The first-order valence-corrected chi connectivity index (χ1v) is 9.39. The van der Waals surface area contributed by atoms with Crippen molar-refractivity contribution < 1.29 is 19.0 Å². The molecule has 8 nitrogen and oxygen atoms in total. The maximum Gasteiger partial charge on any atom is 0.267 e. The van der Waals surface area contributed by atoms with Crippen molar-refractivity contribution in [1.29, 1.82) is 0 Å². The van der Waals surface area contributed by atoms with Gasteiger partial charge >= 0.3 is 0 Å². The first kappa shape index (κ1) is 21.0. The molecule has 0 fully saturated rings. The van der Waals surface area contributed by atoms with Gasteiger partial charge in [-0.15, -0.1) is 0 Å². The standard InChI is InChI=1S/C22H25N3O5/c1-28-14-6-4-13(5-7-14)10-18-21(22(27)25-24-18)17(12-20(23)26)16-9-8-15(29-2)11-19(16)30-3/h4-9,11,17H,10,12H2,1-3H3,(H2,23,26)(H2,24,25,27)/t17-/m0/s1. The van der Waals surface area contributed by atoms with Gasteiger partial charge in [-0.2, -0.15) is 0 Å². The zero-order valence-corrected chi connectivity index (χ0v) is 17.2. The molecule has 0 radical (unpaired) electrons. The van der Waals surface area contributed by atoms with Crippen molar-refractivity contribution in [3.05, 3.63) is 75.2 Å². The van der Waals surface area contributed by atoms with Gasteiger partial charge in [0.2, 0.25) is 5.91 Å². The van der Waals surface area contributed by atoms with Gasteiger partial charge in [-0.05, 0) is 23.8 Å². The molecule has 1 aromatic heterocycles. The number of primary amides is 1. The predicted octanol–water partition coefficient (Wildman–Crippen LogP) is 2.33. The summed E-state index contributed by atoms with van der Waals surface area (Å²) in [5.74, 6) is 0.767. The normalized spacial score (nSPS) is 11.7. The van der Waals surface area contributed by atoms with Crippen LogP contribution in [0.1, 0.15) is 34.7 Å². The van der Waals surface area contributed by atoms with E-state index in [1.165, 1.54) is 7.11 Å². The number of hydrogen-bond acceptors (Lipinski definition) is 5. The summed E-state index contributed by atoms with van der Waals surface area (Å²) in [6.07, 6.45) is 0.422. The summed E-state index contributed by atoms with van der Waals surface area (Å²) in [6.45, 7) is 0. The fourth-order valence-corrected chi connectivity index (χ4v) is 3.53. The van der Waals surface area contributed by atoms with Crippen LogP contribution in [0.5, 0.6) is 17.2 Å². The van der Waals surface area contributed by atoms with E-state index in [1.807, 2.05) is 24.3 Å². The van der Waals surface area contributed by atoms with Gasteiger partial charge in [0.05, 0.1) is 21.3 Å². The summed E-state index contributed by atoms with van der Waals surface area (Å²) < 4.78 is 15.9. The van der Waals surface area contributed by atoms with E-state index < -0.39 is 11.8 Å². The molecule has 1 atom stereocenters. The van der Waals surface area contributed by atoms with Gasteiger partial charge in [-0.3, -0.25) is 14.7 Å². The summed E-state index contributed by atoms with van der Waals surface area (Å²) in [7, 11) is 4.69. The van der Waals surface area contributed by atoms with Crippen LogP contribution in [-0.2, 0) is 11.2 Å². The zero-order valence-electron chi connectivity index (χ0n) is 17.2. The van der Waals surface area contributed by atoms with Crippen LogP contribution < -0.4 is 25.5 Å². The monoisotopic (exact) mass is 411 g/mol. The van der Waals surface area contributed by atoms with Gasteiger partial charge in [-0.1, -0.05) is 18.2 Å². The highest BCUT2D eigenvalue weighted by atomic mass is 16.5. The van der Waals surface area contributed by atoms with Gasteiger partial charge in [0.1, 0.15) is 17.2 Å². The molecule has 0 spiro atoms. The molecule has 0 aliphatic heterocycles. The summed E-state index contributed by atoms with van der Waals surface area (Å²) in [5, 5.41) is 5.59. The molecular weight excluding hydrogens is 386 g/mol. The molecule has 0 aliphatic rings. The Hall–Kier alpha value is -3.68. The van der Waals surface area contributed by atoms with E-state index >= 15 is 0 Å². The van der Waals surface area contributed by atoms with Crippen LogP contribution in [0.4, 0.5) is 0 Å². The van der Waals surface area contributed by atoms with E-state index in [2.05, 4.69) is 10.2 Å². The van der Waals surface area contributed by atoms with Crippen molar-refractivity contribution in [3.8, 4) is 17.2 Å². The highest BCUT2D eigenvalue weighted by molar-refractivity contribution is 5.76. The van der Waals surface area contributed by atoms with Crippen molar-refractivity contribution in [2.45, 2.75) is 18.8 Å². The lowest BCUT2D eigenvalue weighted by Crippen LogP contribution is -2.21. The lowest BCUT2D eigenvalue weighted by atomic mass is 9.86. The SMILES string of the molecule is COc1ccc(Cc2[nH][nH]c(=O)c2[C@@H](CC(N)=O)c2ccc(OC)cc2OC)cc1. The number of ether oxygens (including phenoxy) is 3. The number of amides is 1. The molecule has 2 aromatic carbocycles. The predicted molar refractivity (Wildman–Crippen MR) is 112 cm³/mol. The highest BCUT2D eigenvalue weighted by Gasteiger charge is 2.27. The lowest BCUT2D eigenvalue weighted by molar-refractivity contribution is -0.118. The average Bonchev–Trinajstić information content (AvgIpc) is 3.11. The maximum atomic E-state index is 12.7. The summed E-state index contributed by atoms with van der Waals surface area (Å²) in [6, 6.07) is 12.8. The van der Waals surface area contributed by atoms with Gasteiger partial charge in [0.25, 0.3) is 5.56 Å². The molecule has 0 unspecified atom stereocenters. The van der Waals surface area contributed by atoms with Gasteiger partial charge in [-0.25, -0.2) is 0 Å². The van der Waals surface area contributed by atoms with Crippen molar-refractivity contribution in [2.24, 2.45) is 5.73 Å². The zero-order chi connectivity index (χ0) is 21.7. The Morgan fingerprint density at radius 3 is 2.23 bits per heavy atom. The van der Waals surface area contributed by atoms with E-state index in [0.29, 0.717) is 34.7 Å². The quantitative estimate of drug-likeness (QED) is 0.499. The Morgan fingerprint density at radius 1 is 0.967 bits per heavy atom. The Kier molecular flexibility index (Phi) is 6.46. The Bertz CT molecular complexity index is 1070. The number of carbonyl (C=O) groups excluding carboxylic acids is 1. The number of nitrogens with one attached hydrogen (secondary N) is 2. The third kappa shape index (κ3) is 4.48. The number of methoxy groups -OCH3 is 3. The first-order chi connectivity index (χ1) is 14.5. The number of aromatic nitrogens is 2. The van der Waals surface area contributed by atoms with Crippen LogP contribution in [0.25, 0.3) is 0 Å². The molecule has 30 heavy (non-hydrogen) atoms. The Balaban J connectivity index is 2.06. The average molecular weight is 411 g/mol. The van der Waals surface area contributed by atoms with Crippen LogP contribution >= 0.6 is 0 Å². The number of nitrogens with two attached hydrogens (primary N) is 1. The second-order valence-electron chi connectivity index (χ2n) is 6.83. The van der Waals surface area contributed by atoms with Crippen LogP contribution in [0.15, 0.2) is 47.3 Å². The minimum absolute atomic E-state index is 0.0424. The van der Waals surface area contributed by atoms with Crippen LogP contribution in [0.2, 0.25) is 0 Å². The highest BCUT2D eigenvalue weighted by Crippen LogP contribution is 2.36. The van der Waals surface area contributed by atoms with Gasteiger partial charge < -0.3 is 25.0 Å². The van der Waals surface area contributed by atoms with Gasteiger partial charge in [0.15, 0.2) is 0 Å². The van der Waals surface area contributed by atoms with Crippen molar-refractivity contribution in [1.82, 2.24) is 10.2 Å². The number of aromatic amines is 2. The van der Waals surface area contributed by atoms with Crippen molar-refractivity contribution in [3.63, 3.8) is 0 Å². The first-order valence-electron chi connectivity index (χ1n) is 9.39. The molecular formula is C22H25N3O5. The molecule has 0 saturated carbocycles. The van der Waals surface area contributed by atoms with Crippen LogP contribution in [0.3, 0.4) is 0 Å². The molecule has 1 amide bonds. The summed E-state index contributed by atoms with van der Waals surface area (Å²) in [5.41, 5.74) is 8.01. The molecule has 0 saturated heterocycles. The molecule has 158 valence electrons. The third-order valence-electron chi connectivity index (χ3n) is 5.01. The number of rotatable bonds is 9. The third-order valence-corrected chi connectivity index (χ3v) is 5.01. The molecule has 3 rings (SSSR count). The largest absolute Gasteiger partial charge is 0.497 e. The molecule has 8 heteroatoms. The number of H-pyrrole nitrogens is 2. The molecule has 1 heterocycles. The minimum Gasteiger partial charge on any atom is -0.497 e. The Labute approximate surface area is 174 Å². The number of carbonyl (C=O) groups is 1. The fourth-order valence-electron chi connectivity index (χ4n) is 3.53. The van der Waals surface area contributed by atoms with E-state index in [9.17, 15) is 9.59 Å². The summed E-state index contributed by atoms with van der Waals surface area (Å²) in [4.78, 5) is 24.6. The number of benzene rings is 2. The lowest BCUT2D eigenvalue weighted by Gasteiger charge is -2.19.